The molecule has 14 heteroatoms. The first kappa shape index (κ1) is 21.8. The number of aromatic nitrogens is 2. The van der Waals surface area contributed by atoms with Gasteiger partial charge in [0, 0.05) is 23.8 Å². The van der Waals surface area contributed by atoms with Crippen LogP contribution in [0.5, 0.6) is 0 Å². The van der Waals surface area contributed by atoms with Gasteiger partial charge in [-0.15, -0.1) is 0 Å². The van der Waals surface area contributed by atoms with E-state index in [9.17, 15) is 32.7 Å². The molecule has 0 unspecified atom stereocenters. The summed E-state index contributed by atoms with van der Waals surface area (Å²) < 4.78 is 45.8. The van der Waals surface area contributed by atoms with Crippen molar-refractivity contribution in [2.45, 2.75) is 24.7 Å². The predicted molar refractivity (Wildman–Crippen MR) is 101 cm³/mol. The number of hydrogen-bond acceptors (Lipinski definition) is 6. The second-order valence-corrected chi connectivity index (χ2v) is 8.28. The maximum Gasteiger partial charge on any atom is 0.420 e. The summed E-state index contributed by atoms with van der Waals surface area (Å²) in [5, 5.41) is 10.1. The van der Waals surface area contributed by atoms with Crippen LogP contribution in [0.2, 0.25) is 5.15 Å². The Morgan fingerprint density at radius 2 is 2.06 bits per heavy atom. The summed E-state index contributed by atoms with van der Waals surface area (Å²) >= 11 is 9.14. The van der Waals surface area contributed by atoms with E-state index in [0.29, 0.717) is 0 Å². The number of likely N-dealkylation sites (tertiary alicyclic amines) is 1. The number of carbonyl (C=O) groups excluding carboxylic acids is 3. The lowest BCUT2D eigenvalue weighted by Crippen LogP contribution is -2.56. The highest BCUT2D eigenvalue weighted by Gasteiger charge is 2.44. The molecule has 0 aromatic carbocycles. The van der Waals surface area contributed by atoms with E-state index in [-0.39, 0.29) is 29.1 Å². The number of carbonyl (C=O) groups is 3. The van der Waals surface area contributed by atoms with Crippen LogP contribution in [0.1, 0.15) is 22.5 Å². The topological polar surface area (TPSA) is 104 Å². The van der Waals surface area contributed by atoms with Gasteiger partial charge < -0.3 is 14.7 Å². The van der Waals surface area contributed by atoms with Gasteiger partial charge in [0.25, 0.3) is 11.8 Å². The highest BCUT2D eigenvalue weighted by Crippen LogP contribution is 2.36. The van der Waals surface area contributed by atoms with Gasteiger partial charge in [-0.25, -0.2) is 14.7 Å². The summed E-state index contributed by atoms with van der Waals surface area (Å²) in [5.41, 5.74) is -2.02. The molecule has 166 valence electrons. The Kier molecular flexibility index (Phi) is 5.38. The number of pyridine rings is 1. The van der Waals surface area contributed by atoms with Gasteiger partial charge in [0.15, 0.2) is 17.9 Å². The molecular weight excluding hydrogens is 513 g/mol. The lowest BCUT2D eigenvalue weighted by atomic mass is 10.00. The number of β-amino-alcohol motifs (C(OH)–C–C–N with tert-alkyl or cyclic N) is 1. The number of rotatable bonds is 2. The molecule has 0 spiro atoms. The average molecular weight is 526 g/mol. The van der Waals surface area contributed by atoms with Crippen molar-refractivity contribution >= 4 is 51.1 Å². The minimum Gasteiger partial charge on any atom is -0.439 e. The van der Waals surface area contributed by atoms with Gasteiger partial charge in [-0.05, 0) is 28.4 Å². The van der Waals surface area contributed by atoms with Gasteiger partial charge in [-0.2, -0.15) is 13.2 Å². The third-order valence-corrected chi connectivity index (χ3v) is 5.88. The monoisotopic (exact) mass is 524 g/mol. The standard InChI is InChI=1S/C17H13BrClF3N4O5/c18-7-3-8(17(20,21)22)14-23-12(13(19)25(14)4-7)15(29)24-2-1-9(10(27)5-24)26-11(28)6-31-16(26)30/h3-4,9-10,27H,1-2,5-6H2/t9-,10-/m0/s1. The molecule has 4 rings (SSSR count). The third-order valence-electron chi connectivity index (χ3n) is 5.09. The smallest absolute Gasteiger partial charge is 0.420 e. The molecule has 2 aliphatic rings. The van der Waals surface area contributed by atoms with Crippen LogP contribution in [-0.2, 0) is 15.7 Å². The maximum absolute atomic E-state index is 13.4. The second-order valence-electron chi connectivity index (χ2n) is 7.01. The van der Waals surface area contributed by atoms with Crippen molar-refractivity contribution in [2.75, 3.05) is 19.7 Å². The summed E-state index contributed by atoms with van der Waals surface area (Å²) in [6, 6.07) is -0.0511. The molecule has 2 aromatic rings. The Morgan fingerprint density at radius 3 is 2.65 bits per heavy atom. The van der Waals surface area contributed by atoms with Gasteiger partial charge in [0.2, 0.25) is 0 Å². The first-order chi connectivity index (χ1) is 14.5. The molecule has 2 aliphatic heterocycles. The minimum atomic E-state index is -4.73. The van der Waals surface area contributed by atoms with Crippen LogP contribution in [0.25, 0.3) is 5.65 Å². The van der Waals surface area contributed by atoms with E-state index in [1.54, 1.807) is 0 Å². The number of hydrogen-bond donors (Lipinski definition) is 1. The van der Waals surface area contributed by atoms with E-state index < -0.39 is 59.7 Å². The van der Waals surface area contributed by atoms with E-state index in [1.165, 1.54) is 6.20 Å². The molecule has 0 aliphatic carbocycles. The van der Waals surface area contributed by atoms with Crippen molar-refractivity contribution in [3.8, 4) is 0 Å². The number of cyclic esters (lactones) is 1. The van der Waals surface area contributed by atoms with Crippen LogP contribution >= 0.6 is 27.5 Å². The number of amides is 3. The Balaban J connectivity index is 1.61. The van der Waals surface area contributed by atoms with Crippen LogP contribution in [-0.4, -0.2) is 74.0 Å². The second kappa shape index (κ2) is 7.64. The average Bonchev–Trinajstić information content (AvgIpc) is 3.19. The highest BCUT2D eigenvalue weighted by molar-refractivity contribution is 9.10. The number of alkyl halides is 3. The zero-order valence-electron chi connectivity index (χ0n) is 15.4. The molecule has 0 saturated carbocycles. The number of aliphatic hydroxyl groups excluding tert-OH is 1. The van der Waals surface area contributed by atoms with Crippen molar-refractivity contribution in [2.24, 2.45) is 0 Å². The zero-order valence-corrected chi connectivity index (χ0v) is 17.7. The molecule has 2 aromatic heterocycles. The van der Waals surface area contributed by atoms with Crippen LogP contribution < -0.4 is 0 Å². The van der Waals surface area contributed by atoms with Crippen LogP contribution in [0.4, 0.5) is 18.0 Å². The van der Waals surface area contributed by atoms with Gasteiger partial charge in [-0.3, -0.25) is 14.0 Å². The number of piperidine rings is 1. The minimum absolute atomic E-state index is 0.0116. The first-order valence-corrected chi connectivity index (χ1v) is 10.1. The molecule has 3 amide bonds. The molecular formula is C17H13BrClF3N4O5. The maximum atomic E-state index is 13.4. The Hall–Kier alpha value is -2.38. The summed E-state index contributed by atoms with van der Waals surface area (Å²) in [7, 11) is 0. The van der Waals surface area contributed by atoms with Crippen molar-refractivity contribution < 1.29 is 37.4 Å². The van der Waals surface area contributed by atoms with E-state index in [2.05, 4.69) is 25.7 Å². The normalized spacial score (nSPS) is 22.4. The molecule has 2 fully saturated rings. The fourth-order valence-electron chi connectivity index (χ4n) is 3.67. The fourth-order valence-corrected chi connectivity index (χ4v) is 4.35. The number of imide groups is 1. The summed E-state index contributed by atoms with van der Waals surface area (Å²) in [4.78, 5) is 42.2. The Morgan fingerprint density at radius 1 is 1.35 bits per heavy atom. The number of halogens is 5. The van der Waals surface area contributed by atoms with Crippen molar-refractivity contribution in [3.05, 3.63) is 33.1 Å². The van der Waals surface area contributed by atoms with Gasteiger partial charge in [-0.1, -0.05) is 11.6 Å². The molecule has 2 atom stereocenters. The van der Waals surface area contributed by atoms with Crippen LogP contribution in [0.3, 0.4) is 0 Å². The van der Waals surface area contributed by atoms with Crippen molar-refractivity contribution in [3.63, 3.8) is 0 Å². The molecule has 31 heavy (non-hydrogen) atoms. The van der Waals surface area contributed by atoms with Crippen molar-refractivity contribution in [1.82, 2.24) is 19.2 Å². The van der Waals surface area contributed by atoms with E-state index in [1.807, 2.05) is 0 Å². The number of ether oxygens (including phenoxy) is 1. The van der Waals surface area contributed by atoms with Crippen LogP contribution in [0.15, 0.2) is 16.7 Å². The predicted octanol–water partition coefficient (Wildman–Crippen LogP) is 2.32. The largest absolute Gasteiger partial charge is 0.439 e. The summed E-state index contributed by atoms with van der Waals surface area (Å²) in [6.45, 7) is -0.684. The Labute approximate surface area is 185 Å². The first-order valence-electron chi connectivity index (χ1n) is 8.89. The van der Waals surface area contributed by atoms with Gasteiger partial charge >= 0.3 is 12.3 Å². The van der Waals surface area contributed by atoms with E-state index in [4.69, 9.17) is 11.6 Å². The SMILES string of the molecule is O=C(c1nc2c(C(F)(F)F)cc(Br)cn2c1Cl)N1CC[C@H](N2C(=O)COC2=O)[C@@H](O)C1. The Bertz CT molecular complexity index is 1090. The molecule has 0 radical (unpaired) electrons. The third kappa shape index (κ3) is 3.74. The molecule has 4 heterocycles. The number of nitrogens with zero attached hydrogens (tertiary/aromatic N) is 4. The highest BCUT2D eigenvalue weighted by atomic mass is 79.9. The molecule has 9 nitrogen and oxygen atoms in total. The molecule has 0 bridgehead atoms. The van der Waals surface area contributed by atoms with Gasteiger partial charge in [0.05, 0.1) is 17.7 Å². The van der Waals surface area contributed by atoms with Gasteiger partial charge in [0.1, 0.15) is 5.15 Å². The number of fused-ring (bicyclic) bond motifs is 1. The fraction of sp³-hybridized carbons (Fsp3) is 0.412. The lowest BCUT2D eigenvalue weighted by molar-refractivity contribution is -0.136. The molecule has 1 N–H and O–H groups in total. The van der Waals surface area contributed by atoms with Crippen LogP contribution in [0, 0.1) is 0 Å². The lowest BCUT2D eigenvalue weighted by Gasteiger charge is -2.38. The van der Waals surface area contributed by atoms with Crippen molar-refractivity contribution in [1.29, 1.82) is 0 Å². The zero-order chi connectivity index (χ0) is 22.7. The summed E-state index contributed by atoms with van der Waals surface area (Å²) in [5.74, 6) is -1.38. The van der Waals surface area contributed by atoms with E-state index >= 15 is 0 Å². The van der Waals surface area contributed by atoms with E-state index in [0.717, 1.165) is 20.3 Å². The quantitative estimate of drug-likeness (QED) is 0.646. The number of aliphatic hydroxyl groups is 1. The molecule has 2 saturated heterocycles. The number of imidazole rings is 1. The summed E-state index contributed by atoms with van der Waals surface area (Å²) in [6.07, 6.45) is -5.57.